The van der Waals surface area contributed by atoms with Crippen LogP contribution in [0.5, 0.6) is 5.75 Å². The summed E-state index contributed by atoms with van der Waals surface area (Å²) in [7, 11) is 1.67. The van der Waals surface area contributed by atoms with Gasteiger partial charge in [0.15, 0.2) is 5.13 Å². The molecule has 0 fully saturated rings. The summed E-state index contributed by atoms with van der Waals surface area (Å²) in [6.45, 7) is 0. The molecule has 0 aliphatic carbocycles. The maximum Gasteiger partial charge on any atom is 0.187 e. The summed E-state index contributed by atoms with van der Waals surface area (Å²) in [5.41, 5.74) is 3.89. The van der Waals surface area contributed by atoms with Crippen LogP contribution in [-0.2, 0) is 0 Å². The zero-order valence-corrected chi connectivity index (χ0v) is 15.1. The van der Waals surface area contributed by atoms with Crippen molar-refractivity contribution in [2.75, 3.05) is 12.4 Å². The lowest BCUT2D eigenvalue weighted by atomic mass is 10.2. The van der Waals surface area contributed by atoms with Crippen molar-refractivity contribution >= 4 is 33.5 Å². The van der Waals surface area contributed by atoms with Crippen LogP contribution in [0.1, 0.15) is 0 Å². The third-order valence-electron chi connectivity index (χ3n) is 3.63. The molecule has 0 bridgehead atoms. The molecule has 0 aliphatic rings. The highest BCUT2D eigenvalue weighted by molar-refractivity contribution is 7.14. The summed E-state index contributed by atoms with van der Waals surface area (Å²) in [6.07, 6.45) is 0. The quantitative estimate of drug-likeness (QED) is 0.494. The van der Waals surface area contributed by atoms with E-state index in [-0.39, 0.29) is 0 Å². The largest absolute Gasteiger partial charge is 0.497 e. The van der Waals surface area contributed by atoms with Crippen molar-refractivity contribution in [3.8, 4) is 27.7 Å². The molecule has 0 amide bonds. The molecule has 0 saturated heterocycles. The van der Waals surface area contributed by atoms with Gasteiger partial charge in [0.2, 0.25) is 0 Å². The lowest BCUT2D eigenvalue weighted by Gasteiger charge is -2.00. The molecular formula is C19H15N3OS2. The van der Waals surface area contributed by atoms with Gasteiger partial charge < -0.3 is 10.1 Å². The summed E-state index contributed by atoms with van der Waals surface area (Å²) < 4.78 is 5.20. The van der Waals surface area contributed by atoms with Crippen molar-refractivity contribution < 1.29 is 4.74 Å². The van der Waals surface area contributed by atoms with Gasteiger partial charge in [0, 0.05) is 22.0 Å². The normalized spacial score (nSPS) is 10.6. The van der Waals surface area contributed by atoms with E-state index in [1.807, 2.05) is 65.4 Å². The van der Waals surface area contributed by atoms with Gasteiger partial charge in [0.05, 0.1) is 7.11 Å². The number of para-hydroxylation sites is 1. The fourth-order valence-electron chi connectivity index (χ4n) is 2.35. The molecule has 25 heavy (non-hydrogen) atoms. The monoisotopic (exact) mass is 365 g/mol. The van der Waals surface area contributed by atoms with E-state index in [9.17, 15) is 0 Å². The number of benzene rings is 2. The van der Waals surface area contributed by atoms with Gasteiger partial charge in [-0.2, -0.15) is 0 Å². The van der Waals surface area contributed by atoms with Crippen LogP contribution >= 0.6 is 22.7 Å². The van der Waals surface area contributed by atoms with Crippen LogP contribution in [0.15, 0.2) is 65.4 Å². The number of hydrogen-bond acceptors (Lipinski definition) is 6. The first kappa shape index (κ1) is 15.8. The van der Waals surface area contributed by atoms with Gasteiger partial charge in [0.25, 0.3) is 0 Å². The maximum absolute atomic E-state index is 5.20. The van der Waals surface area contributed by atoms with E-state index < -0.39 is 0 Å². The first-order chi connectivity index (χ1) is 12.3. The summed E-state index contributed by atoms with van der Waals surface area (Å²) in [5, 5.41) is 9.22. The highest BCUT2D eigenvalue weighted by Gasteiger charge is 2.10. The van der Waals surface area contributed by atoms with Gasteiger partial charge >= 0.3 is 0 Å². The van der Waals surface area contributed by atoms with Crippen LogP contribution < -0.4 is 10.1 Å². The first-order valence-corrected chi connectivity index (χ1v) is 9.46. The number of rotatable bonds is 5. The molecule has 124 valence electrons. The molecule has 0 saturated carbocycles. The van der Waals surface area contributed by atoms with E-state index in [2.05, 4.69) is 10.3 Å². The molecule has 4 rings (SSSR count). The Bertz CT molecular complexity index is 962. The number of anilines is 2. The van der Waals surface area contributed by atoms with Gasteiger partial charge in [-0.25, -0.2) is 9.97 Å². The SMILES string of the molecule is COc1ccc(-c2nc(-c3csc(Nc4ccccc4)n3)cs2)cc1. The Morgan fingerprint density at radius 3 is 2.32 bits per heavy atom. The number of hydrogen-bond donors (Lipinski definition) is 1. The molecule has 0 spiro atoms. The standard InChI is InChI=1S/C19H15N3OS2/c1-23-15-9-7-13(8-10-15)18-21-16(11-24-18)17-12-25-19(22-17)20-14-5-3-2-4-6-14/h2-12H,1H3,(H,20,22). The van der Waals surface area contributed by atoms with E-state index in [0.717, 1.165) is 38.5 Å². The molecule has 4 aromatic rings. The highest BCUT2D eigenvalue weighted by atomic mass is 32.1. The van der Waals surface area contributed by atoms with E-state index in [4.69, 9.17) is 9.72 Å². The molecule has 4 nitrogen and oxygen atoms in total. The maximum atomic E-state index is 5.20. The molecule has 2 aromatic heterocycles. The topological polar surface area (TPSA) is 47.0 Å². The average molecular weight is 365 g/mol. The lowest BCUT2D eigenvalue weighted by molar-refractivity contribution is 0.415. The Kier molecular flexibility index (Phi) is 4.45. The second kappa shape index (κ2) is 7.04. The molecule has 0 atom stereocenters. The third kappa shape index (κ3) is 3.55. The summed E-state index contributed by atoms with van der Waals surface area (Å²) >= 11 is 3.19. The third-order valence-corrected chi connectivity index (χ3v) is 5.28. The van der Waals surface area contributed by atoms with E-state index >= 15 is 0 Å². The van der Waals surface area contributed by atoms with Crippen molar-refractivity contribution in [1.82, 2.24) is 9.97 Å². The second-order valence-corrected chi connectivity index (χ2v) is 7.01. The Hall–Kier alpha value is -2.70. The van der Waals surface area contributed by atoms with E-state index in [1.54, 1.807) is 29.8 Å². The lowest BCUT2D eigenvalue weighted by Crippen LogP contribution is -1.88. The molecule has 2 aromatic carbocycles. The molecular weight excluding hydrogens is 350 g/mol. The molecule has 0 radical (unpaired) electrons. The van der Waals surface area contributed by atoms with Crippen molar-refractivity contribution in [2.24, 2.45) is 0 Å². The summed E-state index contributed by atoms with van der Waals surface area (Å²) in [4.78, 5) is 9.36. The number of nitrogens with zero attached hydrogens (tertiary/aromatic N) is 2. The number of aromatic nitrogens is 2. The molecule has 1 N–H and O–H groups in total. The highest BCUT2D eigenvalue weighted by Crippen LogP contribution is 2.32. The predicted octanol–water partition coefficient (Wildman–Crippen LogP) is 5.69. The van der Waals surface area contributed by atoms with Crippen LogP contribution in [0.4, 0.5) is 10.8 Å². The van der Waals surface area contributed by atoms with Crippen molar-refractivity contribution in [3.05, 3.63) is 65.4 Å². The minimum absolute atomic E-state index is 0.844. The van der Waals surface area contributed by atoms with Crippen molar-refractivity contribution in [3.63, 3.8) is 0 Å². The minimum Gasteiger partial charge on any atom is -0.497 e. The van der Waals surface area contributed by atoms with Gasteiger partial charge in [-0.1, -0.05) is 18.2 Å². The van der Waals surface area contributed by atoms with Crippen molar-refractivity contribution in [1.29, 1.82) is 0 Å². The smallest absolute Gasteiger partial charge is 0.187 e. The minimum atomic E-state index is 0.844. The average Bonchev–Trinajstić information content (AvgIpc) is 3.32. The Morgan fingerprint density at radius 1 is 0.840 bits per heavy atom. The predicted molar refractivity (Wildman–Crippen MR) is 105 cm³/mol. The fraction of sp³-hybridized carbons (Fsp3) is 0.0526. The van der Waals surface area contributed by atoms with Gasteiger partial charge in [-0.15, -0.1) is 22.7 Å². The van der Waals surface area contributed by atoms with Crippen LogP contribution in [0, 0.1) is 0 Å². The molecule has 2 heterocycles. The Labute approximate surface area is 153 Å². The van der Waals surface area contributed by atoms with Gasteiger partial charge in [-0.05, 0) is 36.4 Å². The number of methoxy groups -OCH3 is 1. The first-order valence-electron chi connectivity index (χ1n) is 7.70. The van der Waals surface area contributed by atoms with Gasteiger partial charge in [0.1, 0.15) is 22.1 Å². The van der Waals surface area contributed by atoms with Gasteiger partial charge in [-0.3, -0.25) is 0 Å². The molecule has 0 aliphatic heterocycles. The Balaban J connectivity index is 1.54. The van der Waals surface area contributed by atoms with E-state index in [1.165, 1.54) is 0 Å². The second-order valence-electron chi connectivity index (χ2n) is 5.30. The zero-order valence-electron chi connectivity index (χ0n) is 13.5. The fourth-order valence-corrected chi connectivity index (χ4v) is 3.90. The van der Waals surface area contributed by atoms with Crippen LogP contribution in [0.2, 0.25) is 0 Å². The zero-order chi connectivity index (χ0) is 17.1. The summed E-state index contributed by atoms with van der Waals surface area (Å²) in [5.74, 6) is 0.844. The van der Waals surface area contributed by atoms with Crippen LogP contribution in [-0.4, -0.2) is 17.1 Å². The Morgan fingerprint density at radius 2 is 1.56 bits per heavy atom. The molecule has 6 heteroatoms. The number of nitrogens with one attached hydrogen (secondary N) is 1. The van der Waals surface area contributed by atoms with Crippen LogP contribution in [0.25, 0.3) is 22.0 Å². The summed E-state index contributed by atoms with van der Waals surface area (Å²) in [6, 6.07) is 18.0. The number of thiazole rings is 2. The van der Waals surface area contributed by atoms with Crippen LogP contribution in [0.3, 0.4) is 0 Å². The van der Waals surface area contributed by atoms with Crippen molar-refractivity contribution in [2.45, 2.75) is 0 Å². The number of ether oxygens (including phenoxy) is 1. The van der Waals surface area contributed by atoms with E-state index in [0.29, 0.717) is 0 Å². The molecule has 0 unspecified atom stereocenters.